The van der Waals surface area contributed by atoms with Crippen LogP contribution in [0.2, 0.25) is 0 Å². The van der Waals surface area contributed by atoms with Gasteiger partial charge in [-0.2, -0.15) is 0 Å². The summed E-state index contributed by atoms with van der Waals surface area (Å²) < 4.78 is 0. The van der Waals surface area contributed by atoms with E-state index in [9.17, 15) is 0 Å². The lowest BCUT2D eigenvalue weighted by atomic mass is 9.98. The van der Waals surface area contributed by atoms with Gasteiger partial charge in [-0.05, 0) is 32.5 Å². The van der Waals surface area contributed by atoms with E-state index in [1.807, 2.05) is 0 Å². The fourth-order valence-corrected chi connectivity index (χ4v) is 3.47. The van der Waals surface area contributed by atoms with Crippen LogP contribution in [0.4, 0.5) is 0 Å². The second kappa shape index (κ2) is 21.7. The van der Waals surface area contributed by atoms with Crippen LogP contribution >= 0.6 is 12.4 Å². The number of rotatable bonds is 15. The molecule has 0 amide bonds. The molecule has 0 bridgehead atoms. The van der Waals surface area contributed by atoms with Crippen molar-refractivity contribution in [3.63, 3.8) is 0 Å². The lowest BCUT2D eigenvalue weighted by molar-refractivity contribution is 0.269. The molecule has 0 spiro atoms. The first kappa shape index (κ1) is 31.1. The fourth-order valence-electron chi connectivity index (χ4n) is 3.47. The zero-order valence-electron chi connectivity index (χ0n) is 18.0. The minimum absolute atomic E-state index is 0. The average molecular weight is 404 g/mol. The molecule has 1 atom stereocenters. The van der Waals surface area contributed by atoms with Gasteiger partial charge in [-0.15, -0.1) is 12.4 Å². The Morgan fingerprint density at radius 2 is 1.15 bits per heavy atom. The van der Waals surface area contributed by atoms with Crippen molar-refractivity contribution in [3.8, 4) is 0 Å². The standard InChI is InChI=1S/C23H41N.ClH.2H2O/c1-4-5-6-7-8-9-10-11-12-13-17-20-23(24(2)3)21-22-18-15-14-16-19-22;;;/h14-16,18-19,23H,4-13,17,20-21H2,1-3H3;1H;2*1H2. The third-order valence-electron chi connectivity index (χ3n) is 5.19. The third-order valence-corrected chi connectivity index (χ3v) is 5.19. The van der Waals surface area contributed by atoms with Gasteiger partial charge in [0.1, 0.15) is 0 Å². The molecule has 3 nitrogen and oxygen atoms in total. The smallest absolute Gasteiger partial charge is 0.0130 e. The molecule has 0 radical (unpaired) electrons. The number of unbranched alkanes of at least 4 members (excludes halogenated alkanes) is 10. The van der Waals surface area contributed by atoms with Crippen molar-refractivity contribution in [2.24, 2.45) is 0 Å². The number of benzene rings is 1. The van der Waals surface area contributed by atoms with E-state index in [0.29, 0.717) is 6.04 Å². The van der Waals surface area contributed by atoms with Crippen molar-refractivity contribution in [3.05, 3.63) is 35.9 Å². The molecule has 0 saturated carbocycles. The number of halogens is 1. The van der Waals surface area contributed by atoms with Gasteiger partial charge in [0, 0.05) is 6.04 Å². The second-order valence-corrected chi connectivity index (χ2v) is 7.63. The molecule has 0 heterocycles. The van der Waals surface area contributed by atoms with Gasteiger partial charge in [-0.1, -0.05) is 108 Å². The molecule has 0 aliphatic rings. The van der Waals surface area contributed by atoms with Gasteiger partial charge >= 0.3 is 0 Å². The van der Waals surface area contributed by atoms with E-state index in [1.54, 1.807) is 0 Å². The van der Waals surface area contributed by atoms with Crippen LogP contribution in [0.25, 0.3) is 0 Å². The summed E-state index contributed by atoms with van der Waals surface area (Å²) in [4.78, 5) is 2.41. The van der Waals surface area contributed by atoms with Gasteiger partial charge in [0.05, 0.1) is 0 Å². The zero-order valence-corrected chi connectivity index (χ0v) is 18.8. The van der Waals surface area contributed by atoms with Gasteiger partial charge < -0.3 is 15.9 Å². The zero-order chi connectivity index (χ0) is 17.5. The summed E-state index contributed by atoms with van der Waals surface area (Å²) in [7, 11) is 4.46. The third kappa shape index (κ3) is 17.2. The first-order valence-corrected chi connectivity index (χ1v) is 10.4. The van der Waals surface area contributed by atoms with E-state index in [0.717, 1.165) is 0 Å². The Kier molecular flexibility index (Phi) is 25.0. The molecule has 1 rings (SSSR count). The normalized spacial score (nSPS) is 11.3. The molecule has 0 aliphatic heterocycles. The van der Waals surface area contributed by atoms with Crippen LogP contribution in [0, 0.1) is 0 Å². The van der Waals surface area contributed by atoms with Crippen LogP contribution in [-0.2, 0) is 6.42 Å². The van der Waals surface area contributed by atoms with E-state index < -0.39 is 0 Å². The molecule has 27 heavy (non-hydrogen) atoms. The first-order valence-electron chi connectivity index (χ1n) is 10.4. The Morgan fingerprint density at radius 1 is 0.704 bits per heavy atom. The van der Waals surface area contributed by atoms with Crippen molar-refractivity contribution in [2.75, 3.05) is 14.1 Å². The molecule has 1 aromatic rings. The van der Waals surface area contributed by atoms with E-state index >= 15 is 0 Å². The largest absolute Gasteiger partial charge is 0.412 e. The number of hydrogen-bond acceptors (Lipinski definition) is 1. The molecule has 4 N–H and O–H groups in total. The summed E-state index contributed by atoms with van der Waals surface area (Å²) in [6, 6.07) is 11.6. The minimum Gasteiger partial charge on any atom is -0.412 e. The Labute approximate surface area is 175 Å². The van der Waals surface area contributed by atoms with Gasteiger partial charge in [-0.3, -0.25) is 0 Å². The summed E-state index contributed by atoms with van der Waals surface area (Å²) in [5, 5.41) is 0. The van der Waals surface area contributed by atoms with Crippen LogP contribution in [0.3, 0.4) is 0 Å². The summed E-state index contributed by atoms with van der Waals surface area (Å²) in [5.74, 6) is 0. The SMILES string of the molecule is CCCCCCCCCCCCCC(Cc1ccccc1)N(C)C.Cl.O.O. The molecule has 0 saturated heterocycles. The number of likely N-dealkylation sites (N-methyl/N-ethyl adjacent to an activating group) is 1. The second-order valence-electron chi connectivity index (χ2n) is 7.63. The lowest BCUT2D eigenvalue weighted by Gasteiger charge is -2.24. The van der Waals surface area contributed by atoms with Gasteiger partial charge in [0.15, 0.2) is 0 Å². The summed E-state index contributed by atoms with van der Waals surface area (Å²) in [6.45, 7) is 2.29. The summed E-state index contributed by atoms with van der Waals surface area (Å²) in [5.41, 5.74) is 1.47. The summed E-state index contributed by atoms with van der Waals surface area (Å²) >= 11 is 0. The maximum atomic E-state index is 2.41. The topological polar surface area (TPSA) is 66.2 Å². The molecule has 162 valence electrons. The molecular weight excluding hydrogens is 358 g/mol. The molecule has 4 heteroatoms. The highest BCUT2D eigenvalue weighted by Crippen LogP contribution is 2.16. The predicted molar refractivity (Wildman–Crippen MR) is 123 cm³/mol. The van der Waals surface area contributed by atoms with Crippen LogP contribution < -0.4 is 0 Å². The Bertz CT molecular complexity index is 387. The number of nitrogens with zero attached hydrogens (tertiary/aromatic N) is 1. The quantitative estimate of drug-likeness (QED) is 0.350. The van der Waals surface area contributed by atoms with E-state index in [4.69, 9.17) is 0 Å². The highest BCUT2D eigenvalue weighted by Gasteiger charge is 2.11. The first-order chi connectivity index (χ1) is 11.7. The van der Waals surface area contributed by atoms with Crippen molar-refractivity contribution in [1.29, 1.82) is 0 Å². The van der Waals surface area contributed by atoms with E-state index in [2.05, 4.69) is 56.3 Å². The van der Waals surface area contributed by atoms with Crippen molar-refractivity contribution < 1.29 is 11.0 Å². The Hall–Kier alpha value is -0.610. The van der Waals surface area contributed by atoms with Crippen LogP contribution in [0.15, 0.2) is 30.3 Å². The van der Waals surface area contributed by atoms with Crippen LogP contribution in [0.5, 0.6) is 0 Å². The molecule has 1 unspecified atom stereocenters. The van der Waals surface area contributed by atoms with Gasteiger partial charge in [0.2, 0.25) is 0 Å². The van der Waals surface area contributed by atoms with Gasteiger partial charge in [0.25, 0.3) is 0 Å². The molecule has 0 aliphatic carbocycles. The van der Waals surface area contributed by atoms with E-state index in [1.165, 1.54) is 89.0 Å². The predicted octanol–water partition coefficient (Wildman–Crippen LogP) is 5.63. The summed E-state index contributed by atoms with van der Waals surface area (Å²) in [6.07, 6.45) is 18.2. The average Bonchev–Trinajstić information content (AvgIpc) is 2.59. The van der Waals surface area contributed by atoms with Crippen LogP contribution in [0.1, 0.15) is 89.5 Å². The molecule has 1 aromatic carbocycles. The molecule has 0 aromatic heterocycles. The Balaban J connectivity index is -0.00000192. The molecule has 0 fully saturated rings. The van der Waals surface area contributed by atoms with Crippen LogP contribution in [-0.4, -0.2) is 36.0 Å². The number of hydrogen-bond donors (Lipinski definition) is 0. The van der Waals surface area contributed by atoms with E-state index in [-0.39, 0.29) is 23.4 Å². The maximum Gasteiger partial charge on any atom is 0.0130 e. The van der Waals surface area contributed by atoms with Crippen molar-refractivity contribution in [2.45, 2.75) is 96.4 Å². The highest BCUT2D eigenvalue weighted by atomic mass is 35.5. The fraction of sp³-hybridized carbons (Fsp3) is 0.739. The highest BCUT2D eigenvalue weighted by molar-refractivity contribution is 5.85. The lowest BCUT2D eigenvalue weighted by Crippen LogP contribution is -2.30. The van der Waals surface area contributed by atoms with Crippen molar-refractivity contribution >= 4 is 12.4 Å². The Morgan fingerprint density at radius 3 is 1.59 bits per heavy atom. The monoisotopic (exact) mass is 403 g/mol. The molecular formula is C23H46ClNO2. The maximum absolute atomic E-state index is 2.41. The minimum atomic E-state index is 0. The van der Waals surface area contributed by atoms with Gasteiger partial charge in [-0.25, -0.2) is 0 Å². The van der Waals surface area contributed by atoms with Crippen molar-refractivity contribution in [1.82, 2.24) is 4.90 Å².